The fraction of sp³-hybridized carbons (Fsp3) is 0.938. The lowest BCUT2D eigenvalue weighted by Crippen LogP contribution is -2.47. The average molecular weight is 286 g/mol. The predicted molar refractivity (Wildman–Crippen MR) is 85.1 cm³/mol. The summed E-state index contributed by atoms with van der Waals surface area (Å²) in [6.45, 7) is 11.8. The van der Waals surface area contributed by atoms with Gasteiger partial charge in [-0.1, -0.05) is 33.6 Å². The molecule has 0 spiro atoms. The molecule has 0 saturated heterocycles. The van der Waals surface area contributed by atoms with Gasteiger partial charge in [-0.25, -0.2) is 0 Å². The van der Waals surface area contributed by atoms with Crippen molar-refractivity contribution < 1.29 is 9.90 Å². The molecule has 0 aromatic heterocycles. The molecule has 2 N–H and O–H groups in total. The van der Waals surface area contributed by atoms with Gasteiger partial charge >= 0.3 is 5.97 Å². The SMILES string of the molecule is CCC(CC)CN(CC)CCCCC(C)(NC)C(=O)O. The first-order valence-corrected chi connectivity index (χ1v) is 8.08. The van der Waals surface area contributed by atoms with E-state index in [4.69, 9.17) is 0 Å². The molecule has 0 saturated carbocycles. The van der Waals surface area contributed by atoms with Crippen LogP contribution in [0.5, 0.6) is 0 Å². The average Bonchev–Trinajstić information content (AvgIpc) is 2.46. The zero-order chi connectivity index (χ0) is 15.6. The van der Waals surface area contributed by atoms with Crippen LogP contribution in [-0.2, 0) is 4.79 Å². The van der Waals surface area contributed by atoms with E-state index in [0.29, 0.717) is 6.42 Å². The summed E-state index contributed by atoms with van der Waals surface area (Å²) in [4.78, 5) is 13.7. The molecule has 0 aliphatic heterocycles. The van der Waals surface area contributed by atoms with Gasteiger partial charge in [0.2, 0.25) is 0 Å². The number of rotatable bonds is 12. The van der Waals surface area contributed by atoms with Gasteiger partial charge in [0.1, 0.15) is 5.54 Å². The monoisotopic (exact) mass is 286 g/mol. The van der Waals surface area contributed by atoms with Gasteiger partial charge in [0.25, 0.3) is 0 Å². The van der Waals surface area contributed by atoms with E-state index in [1.807, 2.05) is 0 Å². The molecule has 0 rings (SSSR count). The lowest BCUT2D eigenvalue weighted by molar-refractivity contribution is -0.144. The van der Waals surface area contributed by atoms with Crippen molar-refractivity contribution in [3.8, 4) is 0 Å². The highest BCUT2D eigenvalue weighted by Gasteiger charge is 2.30. The molecule has 0 aliphatic rings. The molecule has 4 heteroatoms. The van der Waals surface area contributed by atoms with Crippen LogP contribution in [0.15, 0.2) is 0 Å². The van der Waals surface area contributed by atoms with Crippen LogP contribution in [0.3, 0.4) is 0 Å². The standard InChI is InChI=1S/C16H34N2O2/c1-6-14(7-2)13-18(8-3)12-10-9-11-16(4,17-5)15(19)20/h14,17H,6-13H2,1-5H3,(H,19,20). The van der Waals surface area contributed by atoms with Crippen LogP contribution >= 0.6 is 0 Å². The third-order valence-electron chi connectivity index (χ3n) is 4.54. The summed E-state index contributed by atoms with van der Waals surface area (Å²) in [5, 5.41) is 12.1. The Kier molecular flexibility index (Phi) is 9.86. The second-order valence-electron chi connectivity index (χ2n) is 5.92. The summed E-state index contributed by atoms with van der Waals surface area (Å²) >= 11 is 0. The van der Waals surface area contributed by atoms with Gasteiger partial charge in [0, 0.05) is 6.54 Å². The molecule has 0 fully saturated rings. The minimum Gasteiger partial charge on any atom is -0.480 e. The Bertz CT molecular complexity index is 267. The summed E-state index contributed by atoms with van der Waals surface area (Å²) in [5.41, 5.74) is -0.785. The van der Waals surface area contributed by atoms with Crippen LogP contribution in [0.2, 0.25) is 0 Å². The summed E-state index contributed by atoms with van der Waals surface area (Å²) in [6, 6.07) is 0. The summed E-state index contributed by atoms with van der Waals surface area (Å²) in [6.07, 6.45) is 5.18. The second kappa shape index (κ2) is 10.2. The van der Waals surface area contributed by atoms with Crippen molar-refractivity contribution in [3.05, 3.63) is 0 Å². The Morgan fingerprint density at radius 1 is 1.25 bits per heavy atom. The fourth-order valence-corrected chi connectivity index (χ4v) is 2.44. The molecule has 0 aliphatic carbocycles. The Labute approximate surface area is 124 Å². The Morgan fingerprint density at radius 2 is 1.85 bits per heavy atom. The molecule has 20 heavy (non-hydrogen) atoms. The maximum atomic E-state index is 11.2. The maximum Gasteiger partial charge on any atom is 0.323 e. The number of hydrogen-bond acceptors (Lipinski definition) is 3. The Morgan fingerprint density at radius 3 is 2.25 bits per heavy atom. The summed E-state index contributed by atoms with van der Waals surface area (Å²) < 4.78 is 0. The van der Waals surface area contributed by atoms with E-state index in [2.05, 4.69) is 31.0 Å². The third-order valence-corrected chi connectivity index (χ3v) is 4.54. The van der Waals surface area contributed by atoms with Crippen molar-refractivity contribution >= 4 is 5.97 Å². The zero-order valence-electron chi connectivity index (χ0n) is 14.0. The van der Waals surface area contributed by atoms with Crippen molar-refractivity contribution in [1.29, 1.82) is 0 Å². The van der Waals surface area contributed by atoms with Crippen molar-refractivity contribution in [1.82, 2.24) is 10.2 Å². The highest BCUT2D eigenvalue weighted by molar-refractivity contribution is 5.78. The number of unbranched alkanes of at least 4 members (excludes halogenated alkanes) is 1. The van der Waals surface area contributed by atoms with Gasteiger partial charge in [0.15, 0.2) is 0 Å². The van der Waals surface area contributed by atoms with Gasteiger partial charge in [-0.3, -0.25) is 4.79 Å². The van der Waals surface area contributed by atoms with E-state index in [1.165, 1.54) is 19.4 Å². The van der Waals surface area contributed by atoms with E-state index in [1.54, 1.807) is 14.0 Å². The lowest BCUT2D eigenvalue weighted by atomic mass is 9.95. The van der Waals surface area contributed by atoms with E-state index >= 15 is 0 Å². The molecule has 120 valence electrons. The van der Waals surface area contributed by atoms with E-state index < -0.39 is 11.5 Å². The lowest BCUT2D eigenvalue weighted by Gasteiger charge is -2.27. The molecule has 0 bridgehead atoms. The second-order valence-corrected chi connectivity index (χ2v) is 5.92. The first-order valence-electron chi connectivity index (χ1n) is 8.08. The van der Waals surface area contributed by atoms with E-state index in [9.17, 15) is 9.90 Å². The van der Waals surface area contributed by atoms with Crippen LogP contribution in [0.4, 0.5) is 0 Å². The number of likely N-dealkylation sites (N-methyl/N-ethyl adjacent to an activating group) is 1. The van der Waals surface area contributed by atoms with Crippen LogP contribution in [0, 0.1) is 5.92 Å². The van der Waals surface area contributed by atoms with Gasteiger partial charge in [-0.15, -0.1) is 0 Å². The van der Waals surface area contributed by atoms with Gasteiger partial charge in [0.05, 0.1) is 0 Å². The first-order chi connectivity index (χ1) is 9.43. The van der Waals surface area contributed by atoms with Crippen molar-refractivity contribution in [2.24, 2.45) is 5.92 Å². The number of carboxylic acids is 1. The molecule has 4 nitrogen and oxygen atoms in total. The molecule has 0 aromatic carbocycles. The van der Waals surface area contributed by atoms with Crippen molar-refractivity contribution in [3.63, 3.8) is 0 Å². The predicted octanol–water partition coefficient (Wildman–Crippen LogP) is 2.98. The molecule has 1 unspecified atom stereocenters. The van der Waals surface area contributed by atoms with Crippen molar-refractivity contribution in [2.45, 2.75) is 65.3 Å². The number of nitrogens with zero attached hydrogens (tertiary/aromatic N) is 1. The van der Waals surface area contributed by atoms with Crippen molar-refractivity contribution in [2.75, 3.05) is 26.7 Å². The highest BCUT2D eigenvalue weighted by Crippen LogP contribution is 2.15. The number of hydrogen-bond donors (Lipinski definition) is 2. The Hall–Kier alpha value is -0.610. The maximum absolute atomic E-state index is 11.2. The zero-order valence-corrected chi connectivity index (χ0v) is 14.0. The normalized spacial score (nSPS) is 14.8. The molecule has 1 atom stereocenters. The topological polar surface area (TPSA) is 52.6 Å². The van der Waals surface area contributed by atoms with Gasteiger partial charge < -0.3 is 15.3 Å². The Balaban J connectivity index is 4.05. The molecular weight excluding hydrogens is 252 g/mol. The number of carbonyl (C=O) groups is 1. The van der Waals surface area contributed by atoms with Crippen LogP contribution in [-0.4, -0.2) is 48.2 Å². The quantitative estimate of drug-likeness (QED) is 0.542. The number of carboxylic acid groups (broad SMARTS) is 1. The third kappa shape index (κ3) is 6.71. The molecule has 0 aromatic rings. The molecular formula is C16H34N2O2. The number of nitrogens with one attached hydrogen (secondary N) is 1. The summed E-state index contributed by atoms with van der Waals surface area (Å²) in [5.74, 6) is 0.0286. The minimum absolute atomic E-state index is 0.682. The van der Waals surface area contributed by atoms with Gasteiger partial charge in [-0.2, -0.15) is 0 Å². The van der Waals surface area contributed by atoms with Gasteiger partial charge in [-0.05, 0) is 52.2 Å². The number of aliphatic carboxylic acids is 1. The highest BCUT2D eigenvalue weighted by atomic mass is 16.4. The largest absolute Gasteiger partial charge is 0.480 e. The van der Waals surface area contributed by atoms with Crippen LogP contribution in [0.1, 0.15) is 59.8 Å². The van der Waals surface area contributed by atoms with Crippen LogP contribution in [0.25, 0.3) is 0 Å². The van der Waals surface area contributed by atoms with E-state index in [0.717, 1.165) is 31.8 Å². The minimum atomic E-state index is -0.785. The molecule has 0 heterocycles. The summed E-state index contributed by atoms with van der Waals surface area (Å²) in [7, 11) is 1.72. The molecule has 0 amide bonds. The first kappa shape index (κ1) is 19.4. The smallest absolute Gasteiger partial charge is 0.323 e. The fourth-order valence-electron chi connectivity index (χ4n) is 2.44. The van der Waals surface area contributed by atoms with E-state index in [-0.39, 0.29) is 0 Å². The van der Waals surface area contributed by atoms with Crippen LogP contribution < -0.4 is 5.32 Å². The molecule has 0 radical (unpaired) electrons.